The Morgan fingerprint density at radius 3 is 1.94 bits per heavy atom. The van der Waals surface area contributed by atoms with E-state index in [2.05, 4.69) is 0 Å². The minimum absolute atomic E-state index is 0. The zero-order valence-electron chi connectivity index (χ0n) is 26.7. The first kappa shape index (κ1) is 34.3. The van der Waals surface area contributed by atoms with Crippen LogP contribution in [-0.4, -0.2) is 53.2 Å². The maximum absolute atomic E-state index is 14.4. The molecule has 11 nitrogen and oxygen atoms in total. The highest BCUT2D eigenvalue weighted by molar-refractivity contribution is 6.08. The van der Waals surface area contributed by atoms with Gasteiger partial charge in [0.05, 0.1) is 48.0 Å². The third-order valence-electron chi connectivity index (χ3n) is 7.48. The molecule has 5 rings (SSSR count). The second-order valence-corrected chi connectivity index (χ2v) is 10.1. The van der Waals surface area contributed by atoms with Crippen molar-refractivity contribution >= 4 is 34.8 Å². The molecule has 0 aliphatic rings. The Kier molecular flexibility index (Phi) is 10.7. The minimum Gasteiger partial charge on any atom is -0.497 e. The summed E-state index contributed by atoms with van der Waals surface area (Å²) < 4.78 is 40.6. The van der Waals surface area contributed by atoms with E-state index in [1.807, 2.05) is 24.3 Å². The van der Waals surface area contributed by atoms with E-state index in [4.69, 9.17) is 38.9 Å². The molecule has 5 aromatic rings. The van der Waals surface area contributed by atoms with Crippen LogP contribution in [0, 0.1) is 0 Å². The Balaban J connectivity index is 0.00000500. The molecule has 1 heterocycles. The fraction of sp³-hybridized carbons (Fsp3) is 0.200. The highest BCUT2D eigenvalue weighted by Gasteiger charge is 2.28. The van der Waals surface area contributed by atoms with Crippen LogP contribution in [0.4, 0.5) is 5.69 Å². The zero-order chi connectivity index (χ0) is 33.0. The van der Waals surface area contributed by atoms with E-state index in [9.17, 15) is 9.59 Å². The molecule has 0 saturated carbocycles. The van der Waals surface area contributed by atoms with Crippen molar-refractivity contribution in [2.45, 2.75) is 6.61 Å². The number of nitrogen functional groups attached to an aromatic ring is 1. The number of methoxy groups -OCH3 is 6. The van der Waals surface area contributed by atoms with Gasteiger partial charge in [-0.25, -0.2) is 4.79 Å². The summed E-state index contributed by atoms with van der Waals surface area (Å²) in [6.07, 6.45) is 0. The van der Waals surface area contributed by atoms with Gasteiger partial charge in [0.15, 0.2) is 23.0 Å². The van der Waals surface area contributed by atoms with E-state index in [-0.39, 0.29) is 30.1 Å². The van der Waals surface area contributed by atoms with Crippen molar-refractivity contribution in [1.29, 1.82) is 0 Å². The van der Waals surface area contributed by atoms with Gasteiger partial charge in [0.2, 0.25) is 5.75 Å². The van der Waals surface area contributed by atoms with Gasteiger partial charge in [-0.05, 0) is 71.8 Å². The number of esters is 1. The molecule has 47 heavy (non-hydrogen) atoms. The lowest BCUT2D eigenvalue weighted by Gasteiger charge is -2.21. The maximum atomic E-state index is 14.4. The van der Waals surface area contributed by atoms with Crippen LogP contribution in [0.15, 0.2) is 77.6 Å². The molecule has 0 spiro atoms. The summed E-state index contributed by atoms with van der Waals surface area (Å²) >= 11 is 0. The van der Waals surface area contributed by atoms with Crippen LogP contribution < -0.4 is 39.7 Å². The van der Waals surface area contributed by atoms with Crippen molar-refractivity contribution in [3.63, 3.8) is 0 Å². The van der Waals surface area contributed by atoms with Crippen LogP contribution >= 0.6 is 12.4 Å². The van der Waals surface area contributed by atoms with Crippen LogP contribution in [0.2, 0.25) is 0 Å². The Hall–Kier alpha value is -5.55. The lowest BCUT2D eigenvalue weighted by Crippen LogP contribution is -2.27. The Labute approximate surface area is 277 Å². The monoisotopic (exact) mass is 662 g/mol. The molecular weight excluding hydrogens is 628 g/mol. The number of pyridine rings is 1. The summed E-state index contributed by atoms with van der Waals surface area (Å²) in [5, 5.41) is 0.645. The predicted octanol–water partition coefficient (Wildman–Crippen LogP) is 6.07. The molecule has 0 aliphatic carbocycles. The lowest BCUT2D eigenvalue weighted by atomic mass is 9.95. The SMILES string of the molecule is COC(=O)c1c(-c2cc(OC)c(OC)c(OC)c2)c2cc(OC)c(OCc3cccc(OC)c3)cc2c(=O)n1-c1ccc(N)cc1.Cl. The number of anilines is 1. The van der Waals surface area contributed by atoms with E-state index in [0.29, 0.717) is 62.4 Å². The molecule has 0 saturated heterocycles. The molecule has 1 aromatic heterocycles. The van der Waals surface area contributed by atoms with Gasteiger partial charge in [-0.3, -0.25) is 9.36 Å². The number of fused-ring (bicyclic) bond motifs is 1. The Bertz CT molecular complexity index is 1950. The number of carbonyl (C=O) groups excluding carboxylic acids is 1. The fourth-order valence-electron chi connectivity index (χ4n) is 5.28. The summed E-state index contributed by atoms with van der Waals surface area (Å²) in [6.45, 7) is 0.172. The van der Waals surface area contributed by atoms with Gasteiger partial charge in [-0.2, -0.15) is 0 Å². The van der Waals surface area contributed by atoms with E-state index in [1.165, 1.54) is 40.1 Å². The number of hydrogen-bond donors (Lipinski definition) is 1. The van der Waals surface area contributed by atoms with Crippen LogP contribution in [0.1, 0.15) is 16.1 Å². The molecule has 0 aliphatic heterocycles. The Morgan fingerprint density at radius 2 is 1.36 bits per heavy atom. The number of ether oxygens (including phenoxy) is 7. The number of rotatable bonds is 11. The largest absolute Gasteiger partial charge is 0.497 e. The third-order valence-corrected chi connectivity index (χ3v) is 7.48. The number of nitrogens with zero attached hydrogens (tertiary/aromatic N) is 1. The first-order chi connectivity index (χ1) is 22.3. The van der Waals surface area contributed by atoms with E-state index in [1.54, 1.807) is 55.6 Å². The number of hydrogen-bond acceptors (Lipinski definition) is 10. The fourth-order valence-corrected chi connectivity index (χ4v) is 5.28. The van der Waals surface area contributed by atoms with E-state index < -0.39 is 11.5 Å². The summed E-state index contributed by atoms with van der Waals surface area (Å²) in [5.41, 5.74) is 8.00. The molecule has 0 unspecified atom stereocenters. The summed E-state index contributed by atoms with van der Waals surface area (Å²) in [5.74, 6) is 1.63. The molecule has 0 atom stereocenters. The van der Waals surface area contributed by atoms with Crippen molar-refractivity contribution in [1.82, 2.24) is 4.57 Å². The van der Waals surface area contributed by atoms with Gasteiger partial charge >= 0.3 is 5.97 Å². The van der Waals surface area contributed by atoms with Crippen molar-refractivity contribution < 1.29 is 38.0 Å². The third kappa shape index (κ3) is 6.56. The topological polar surface area (TPSA) is 130 Å². The number of benzene rings is 4. The van der Waals surface area contributed by atoms with Crippen LogP contribution in [0.25, 0.3) is 27.6 Å². The molecule has 0 amide bonds. The lowest BCUT2D eigenvalue weighted by molar-refractivity contribution is 0.0591. The Morgan fingerprint density at radius 1 is 0.723 bits per heavy atom. The van der Waals surface area contributed by atoms with Crippen LogP contribution in [-0.2, 0) is 11.3 Å². The maximum Gasteiger partial charge on any atom is 0.355 e. The number of carbonyl (C=O) groups is 1. The molecule has 0 radical (unpaired) electrons. The van der Waals surface area contributed by atoms with Crippen molar-refractivity contribution in [3.05, 3.63) is 94.4 Å². The second kappa shape index (κ2) is 14.7. The first-order valence-corrected chi connectivity index (χ1v) is 14.1. The van der Waals surface area contributed by atoms with E-state index >= 15 is 0 Å². The highest BCUT2D eigenvalue weighted by atomic mass is 35.5. The van der Waals surface area contributed by atoms with Crippen LogP contribution in [0.5, 0.6) is 34.5 Å². The summed E-state index contributed by atoms with van der Waals surface area (Å²) in [7, 11) is 8.81. The quantitative estimate of drug-likeness (QED) is 0.131. The molecule has 4 aromatic carbocycles. The standard InChI is InChI=1S/C35H34N2O9.ClH/c1-40-24-9-7-8-20(14-24)19-46-28-18-26-25(17-27(28)41-2)31(21-15-29(42-3)33(44-5)30(16-21)43-4)32(35(39)45-6)37(34(26)38)23-12-10-22(36)11-13-23;/h7-18H,19,36H2,1-6H3;1H. The van der Waals surface area contributed by atoms with E-state index in [0.717, 1.165) is 5.56 Å². The average molecular weight is 663 g/mol. The molecule has 2 N–H and O–H groups in total. The van der Waals surface area contributed by atoms with Gasteiger partial charge in [0.1, 0.15) is 18.1 Å². The van der Waals surface area contributed by atoms with Crippen molar-refractivity contribution in [2.24, 2.45) is 0 Å². The second-order valence-electron chi connectivity index (χ2n) is 10.1. The summed E-state index contributed by atoms with van der Waals surface area (Å²) in [4.78, 5) is 28.1. The smallest absolute Gasteiger partial charge is 0.355 e. The predicted molar refractivity (Wildman–Crippen MR) is 182 cm³/mol. The van der Waals surface area contributed by atoms with Crippen molar-refractivity contribution in [2.75, 3.05) is 48.4 Å². The van der Waals surface area contributed by atoms with Gasteiger partial charge in [0.25, 0.3) is 5.56 Å². The summed E-state index contributed by atoms with van der Waals surface area (Å²) in [6, 6.07) is 20.7. The number of aromatic nitrogens is 1. The van der Waals surface area contributed by atoms with Crippen molar-refractivity contribution in [3.8, 4) is 51.3 Å². The van der Waals surface area contributed by atoms with Crippen LogP contribution in [0.3, 0.4) is 0 Å². The zero-order valence-corrected chi connectivity index (χ0v) is 27.6. The molecule has 12 heteroatoms. The first-order valence-electron chi connectivity index (χ1n) is 14.1. The number of nitrogens with two attached hydrogens (primary N) is 1. The molecule has 0 bridgehead atoms. The van der Waals surface area contributed by atoms with Gasteiger partial charge in [-0.1, -0.05) is 12.1 Å². The number of halogens is 1. The minimum atomic E-state index is -0.753. The van der Waals surface area contributed by atoms with Gasteiger partial charge in [0, 0.05) is 22.3 Å². The normalized spacial score (nSPS) is 10.5. The molecule has 246 valence electrons. The van der Waals surface area contributed by atoms with Gasteiger partial charge in [-0.15, -0.1) is 12.4 Å². The molecular formula is C35H35ClN2O9. The highest BCUT2D eigenvalue weighted by Crippen LogP contribution is 2.45. The van der Waals surface area contributed by atoms with Gasteiger partial charge < -0.3 is 38.9 Å². The molecule has 0 fully saturated rings. The average Bonchev–Trinajstić information content (AvgIpc) is 3.09.